The van der Waals surface area contributed by atoms with Crippen LogP contribution in [0.15, 0.2) is 131 Å². The Morgan fingerprint density at radius 1 is 0.638 bits per heavy atom. The van der Waals surface area contributed by atoms with Crippen LogP contribution < -0.4 is 9.64 Å². The lowest BCUT2D eigenvalue weighted by atomic mass is 10.1. The average molecular weight is 701 g/mol. The van der Waals surface area contributed by atoms with Gasteiger partial charge in [-0.3, -0.25) is 0 Å². The summed E-state index contributed by atoms with van der Waals surface area (Å²) in [5.74, 6) is 1.77. The van der Waals surface area contributed by atoms with Gasteiger partial charge in [0.25, 0.3) is 0 Å². The number of likely N-dealkylation sites (N-methyl/N-ethyl adjacent to an activating group) is 1. The van der Waals surface area contributed by atoms with E-state index in [4.69, 9.17) is 19.7 Å². The smallest absolute Gasteiger partial charge is 0.326 e. The van der Waals surface area contributed by atoms with Crippen LogP contribution in [-0.4, -0.2) is 45.8 Å². The fraction of sp³-hybridized carbons (Fsp3) is 0.154. The van der Waals surface area contributed by atoms with Gasteiger partial charge in [0.05, 0.1) is 17.1 Å². The second-order valence-electron chi connectivity index (χ2n) is 11.6. The van der Waals surface area contributed by atoms with E-state index in [-0.39, 0.29) is 6.01 Å². The quantitative estimate of drug-likeness (QED) is 0.132. The molecule has 8 heteroatoms. The molecule has 234 valence electrons. The summed E-state index contributed by atoms with van der Waals surface area (Å²) in [4.78, 5) is 21.4. The third-order valence-electron chi connectivity index (χ3n) is 7.97. The summed E-state index contributed by atoms with van der Waals surface area (Å²) in [6, 6.07) is 41.8. The molecule has 0 amide bonds. The number of hydrogen-bond acceptors (Lipinski definition) is 7. The van der Waals surface area contributed by atoms with Crippen LogP contribution in [0.3, 0.4) is 0 Å². The highest BCUT2D eigenvalue weighted by Crippen LogP contribution is 2.53. The largest absolute Gasteiger partial charge is 0.422 e. The van der Waals surface area contributed by atoms with Gasteiger partial charge in [0.2, 0.25) is 0 Å². The molecule has 0 radical (unpaired) electrons. The van der Waals surface area contributed by atoms with E-state index < -0.39 is 0 Å². The molecule has 0 saturated carbocycles. The summed E-state index contributed by atoms with van der Waals surface area (Å²) in [7, 11) is 4.23. The molecule has 0 aliphatic carbocycles. The fourth-order valence-electron chi connectivity index (χ4n) is 5.59. The summed E-state index contributed by atoms with van der Waals surface area (Å²) in [6.45, 7) is 0.998. The van der Waals surface area contributed by atoms with E-state index in [0.717, 1.165) is 52.9 Å². The van der Waals surface area contributed by atoms with Gasteiger partial charge in [-0.15, -0.1) is 0 Å². The number of benzene rings is 5. The molecule has 0 unspecified atom stereocenters. The molecule has 0 N–H and O–H groups in total. The monoisotopic (exact) mass is 699 g/mol. The maximum Gasteiger partial charge on any atom is 0.326 e. The predicted octanol–water partition coefficient (Wildman–Crippen LogP) is 9.97. The Hall–Kier alpha value is -4.50. The minimum Gasteiger partial charge on any atom is -0.422 e. The molecule has 5 aromatic carbocycles. The highest BCUT2D eigenvalue weighted by molar-refractivity contribution is 9.09. The third-order valence-corrected chi connectivity index (χ3v) is 9.46. The van der Waals surface area contributed by atoms with Crippen LogP contribution >= 0.6 is 27.7 Å². The van der Waals surface area contributed by atoms with Crippen LogP contribution in [-0.2, 0) is 12.8 Å². The number of aromatic nitrogens is 3. The Morgan fingerprint density at radius 2 is 1.19 bits per heavy atom. The summed E-state index contributed by atoms with van der Waals surface area (Å²) < 4.78 is 6.65. The van der Waals surface area contributed by atoms with Crippen molar-refractivity contribution in [1.82, 2.24) is 19.9 Å². The Balaban J connectivity index is 1.33. The number of para-hydroxylation sites is 2. The van der Waals surface area contributed by atoms with Crippen molar-refractivity contribution in [2.24, 2.45) is 0 Å². The maximum atomic E-state index is 6.65. The van der Waals surface area contributed by atoms with Crippen molar-refractivity contribution in [1.29, 1.82) is 0 Å². The molecule has 1 aliphatic heterocycles. The van der Waals surface area contributed by atoms with E-state index in [0.29, 0.717) is 17.4 Å². The van der Waals surface area contributed by atoms with Gasteiger partial charge in [-0.25, -0.2) is 4.98 Å². The first kappa shape index (κ1) is 31.1. The molecule has 0 bridgehead atoms. The van der Waals surface area contributed by atoms with Crippen LogP contribution in [0.25, 0.3) is 22.8 Å². The minimum absolute atomic E-state index is 0.240. The molecular formula is C39H34BrN5OS. The molecule has 6 nitrogen and oxygen atoms in total. The predicted molar refractivity (Wildman–Crippen MR) is 196 cm³/mol. The van der Waals surface area contributed by atoms with Crippen LogP contribution in [0, 0.1) is 0 Å². The number of aryl methyl sites for hydroxylation is 1. The van der Waals surface area contributed by atoms with Crippen molar-refractivity contribution in [3.63, 3.8) is 0 Å². The molecular weight excluding hydrogens is 666 g/mol. The summed E-state index contributed by atoms with van der Waals surface area (Å²) in [5, 5.41) is 0.921. The molecule has 2 heterocycles. The maximum absolute atomic E-state index is 6.65. The van der Waals surface area contributed by atoms with Gasteiger partial charge in [-0.1, -0.05) is 113 Å². The number of ether oxygens (including phenoxy) is 1. The Kier molecular flexibility index (Phi) is 9.33. The number of fused-ring (bicyclic) bond motifs is 2. The van der Waals surface area contributed by atoms with E-state index in [1.807, 2.05) is 90.6 Å². The van der Waals surface area contributed by atoms with E-state index in [1.165, 1.54) is 20.9 Å². The highest BCUT2D eigenvalue weighted by atomic mass is 79.9. The van der Waals surface area contributed by atoms with Gasteiger partial charge in [0, 0.05) is 32.8 Å². The van der Waals surface area contributed by atoms with Gasteiger partial charge in [-0.05, 0) is 74.5 Å². The summed E-state index contributed by atoms with van der Waals surface area (Å²) in [6.07, 6.45) is 1.96. The molecule has 0 spiro atoms. The SMILES string of the molecule is CN(C)CCc1ccc2c(c1)Sc1cc(CCBr)ccc1N2c1ccccc1Oc1nc(-c2ccccc2)nc(-c2ccccc2)n1. The Morgan fingerprint density at radius 3 is 1.77 bits per heavy atom. The zero-order valence-corrected chi connectivity index (χ0v) is 28.7. The molecule has 7 rings (SSSR count). The third kappa shape index (κ3) is 6.95. The van der Waals surface area contributed by atoms with Gasteiger partial charge < -0.3 is 14.5 Å². The van der Waals surface area contributed by atoms with Crippen LogP contribution in [0.1, 0.15) is 11.1 Å². The standard InChI is InChI=1S/C39H34BrN5OS/c1-44(2)24-22-28-18-20-33-36(26-28)47-35-25-27(21-23-40)17-19-32(35)45(33)31-15-9-10-16-34(31)46-39-42-37(29-11-5-3-6-12-29)41-38(43-39)30-13-7-4-8-14-30/h3-20,25-26H,21-24H2,1-2H3. The van der Waals surface area contributed by atoms with Gasteiger partial charge >= 0.3 is 6.01 Å². The second-order valence-corrected chi connectivity index (χ2v) is 13.5. The first-order valence-corrected chi connectivity index (χ1v) is 17.6. The lowest BCUT2D eigenvalue weighted by molar-refractivity contribution is 0.413. The van der Waals surface area contributed by atoms with Crippen LogP contribution in [0.5, 0.6) is 11.8 Å². The molecule has 0 saturated heterocycles. The van der Waals surface area contributed by atoms with E-state index >= 15 is 0 Å². The normalized spacial score (nSPS) is 12.1. The fourth-order valence-corrected chi connectivity index (χ4v) is 7.24. The van der Waals surface area contributed by atoms with Crippen molar-refractivity contribution < 1.29 is 4.74 Å². The first-order valence-electron chi connectivity index (χ1n) is 15.6. The summed E-state index contributed by atoms with van der Waals surface area (Å²) >= 11 is 5.46. The molecule has 6 aromatic rings. The molecule has 1 aliphatic rings. The Bertz CT molecular complexity index is 1950. The lowest BCUT2D eigenvalue weighted by Crippen LogP contribution is -2.17. The first-order chi connectivity index (χ1) is 23.1. The zero-order chi connectivity index (χ0) is 32.2. The molecule has 0 fully saturated rings. The van der Waals surface area contributed by atoms with Gasteiger partial charge in [0.15, 0.2) is 17.4 Å². The second kappa shape index (κ2) is 14.1. The zero-order valence-electron chi connectivity index (χ0n) is 26.3. The number of hydrogen-bond donors (Lipinski definition) is 0. The van der Waals surface area contributed by atoms with E-state index in [1.54, 1.807) is 0 Å². The van der Waals surface area contributed by atoms with Crippen molar-refractivity contribution in [2.45, 2.75) is 22.6 Å². The molecule has 47 heavy (non-hydrogen) atoms. The Labute approximate surface area is 288 Å². The number of rotatable bonds is 10. The van der Waals surface area contributed by atoms with E-state index in [2.05, 4.69) is 82.3 Å². The van der Waals surface area contributed by atoms with Crippen molar-refractivity contribution >= 4 is 44.8 Å². The van der Waals surface area contributed by atoms with Crippen LogP contribution in [0.4, 0.5) is 17.1 Å². The van der Waals surface area contributed by atoms with Crippen molar-refractivity contribution in [2.75, 3.05) is 30.9 Å². The van der Waals surface area contributed by atoms with E-state index in [9.17, 15) is 0 Å². The average Bonchev–Trinajstić information content (AvgIpc) is 3.11. The summed E-state index contributed by atoms with van der Waals surface area (Å²) in [5.41, 5.74) is 7.55. The van der Waals surface area contributed by atoms with Gasteiger partial charge in [0.1, 0.15) is 0 Å². The van der Waals surface area contributed by atoms with Crippen molar-refractivity contribution in [3.8, 4) is 34.5 Å². The highest BCUT2D eigenvalue weighted by Gasteiger charge is 2.28. The number of halogens is 1. The number of anilines is 3. The number of alkyl halides is 1. The topological polar surface area (TPSA) is 54.4 Å². The van der Waals surface area contributed by atoms with Crippen molar-refractivity contribution in [3.05, 3.63) is 132 Å². The van der Waals surface area contributed by atoms with Crippen LogP contribution in [0.2, 0.25) is 0 Å². The molecule has 1 aromatic heterocycles. The molecule has 0 atom stereocenters. The number of nitrogens with zero attached hydrogens (tertiary/aromatic N) is 5. The minimum atomic E-state index is 0.240. The van der Waals surface area contributed by atoms with Gasteiger partial charge in [-0.2, -0.15) is 9.97 Å². The lowest BCUT2D eigenvalue weighted by Gasteiger charge is -2.34.